The van der Waals surface area contributed by atoms with Gasteiger partial charge in [-0.1, -0.05) is 16.8 Å². The van der Waals surface area contributed by atoms with Crippen LogP contribution in [0.2, 0.25) is 5.02 Å². The predicted octanol–water partition coefficient (Wildman–Crippen LogP) is 0.652. The molecular formula is C12H11ClN4O4. The van der Waals surface area contributed by atoms with E-state index in [0.717, 1.165) is 4.68 Å². The summed E-state index contributed by atoms with van der Waals surface area (Å²) in [6.07, 6.45) is 1.41. The molecule has 21 heavy (non-hydrogen) atoms. The number of carboxylic acid groups (broad SMARTS) is 1. The SMILES string of the molecule is O=C(O)Cn1cc(CNC(=O)c2cc(Cl)ccc2O)nn1. The van der Waals surface area contributed by atoms with Crippen LogP contribution in [0.5, 0.6) is 5.75 Å². The molecule has 1 aromatic heterocycles. The van der Waals surface area contributed by atoms with Crippen molar-refractivity contribution in [2.75, 3.05) is 0 Å². The van der Waals surface area contributed by atoms with Crippen LogP contribution in [0.4, 0.5) is 0 Å². The van der Waals surface area contributed by atoms with E-state index in [0.29, 0.717) is 10.7 Å². The lowest BCUT2D eigenvalue weighted by Gasteiger charge is -2.05. The molecular weight excluding hydrogens is 300 g/mol. The number of amides is 1. The Labute approximate surface area is 124 Å². The fraction of sp³-hybridized carbons (Fsp3) is 0.167. The first-order valence-electron chi connectivity index (χ1n) is 5.83. The van der Waals surface area contributed by atoms with Crippen LogP contribution < -0.4 is 5.32 Å². The number of benzene rings is 1. The number of aromatic hydroxyl groups is 1. The highest BCUT2D eigenvalue weighted by atomic mass is 35.5. The average Bonchev–Trinajstić information content (AvgIpc) is 2.85. The van der Waals surface area contributed by atoms with Crippen molar-refractivity contribution in [3.05, 3.63) is 40.7 Å². The normalized spacial score (nSPS) is 10.3. The molecule has 1 heterocycles. The maximum Gasteiger partial charge on any atom is 0.325 e. The Balaban J connectivity index is 1.99. The Kier molecular flexibility index (Phi) is 4.39. The summed E-state index contributed by atoms with van der Waals surface area (Å²) in [4.78, 5) is 22.4. The van der Waals surface area contributed by atoms with Gasteiger partial charge >= 0.3 is 5.97 Å². The number of carbonyl (C=O) groups excluding carboxylic acids is 1. The van der Waals surface area contributed by atoms with Gasteiger partial charge in [0.25, 0.3) is 5.91 Å². The van der Waals surface area contributed by atoms with Crippen LogP contribution >= 0.6 is 11.6 Å². The monoisotopic (exact) mass is 310 g/mol. The van der Waals surface area contributed by atoms with Gasteiger partial charge in [0.05, 0.1) is 18.3 Å². The molecule has 0 spiro atoms. The summed E-state index contributed by atoms with van der Waals surface area (Å²) in [5.74, 6) is -1.76. The third kappa shape index (κ3) is 3.93. The molecule has 1 aromatic carbocycles. The molecule has 0 aliphatic rings. The van der Waals surface area contributed by atoms with Gasteiger partial charge in [0.1, 0.15) is 18.0 Å². The highest BCUT2D eigenvalue weighted by Crippen LogP contribution is 2.21. The molecule has 0 radical (unpaired) electrons. The van der Waals surface area contributed by atoms with Crippen molar-refractivity contribution < 1.29 is 19.8 Å². The number of phenols is 1. The van der Waals surface area contributed by atoms with Gasteiger partial charge in [-0.15, -0.1) is 5.10 Å². The van der Waals surface area contributed by atoms with E-state index in [1.807, 2.05) is 0 Å². The third-order valence-electron chi connectivity index (χ3n) is 2.52. The van der Waals surface area contributed by atoms with Gasteiger partial charge in [-0.3, -0.25) is 9.59 Å². The fourth-order valence-corrected chi connectivity index (χ4v) is 1.76. The van der Waals surface area contributed by atoms with E-state index >= 15 is 0 Å². The van der Waals surface area contributed by atoms with Crippen LogP contribution in [0.1, 0.15) is 16.1 Å². The maximum atomic E-state index is 11.9. The molecule has 9 heteroatoms. The summed E-state index contributed by atoms with van der Waals surface area (Å²) in [6.45, 7) is -0.263. The van der Waals surface area contributed by atoms with Gasteiger partial charge in [0.2, 0.25) is 0 Å². The van der Waals surface area contributed by atoms with Gasteiger partial charge in [0.15, 0.2) is 0 Å². The second-order valence-electron chi connectivity index (χ2n) is 4.15. The lowest BCUT2D eigenvalue weighted by molar-refractivity contribution is -0.137. The Morgan fingerprint density at radius 1 is 1.38 bits per heavy atom. The lowest BCUT2D eigenvalue weighted by atomic mass is 10.2. The van der Waals surface area contributed by atoms with Gasteiger partial charge < -0.3 is 15.5 Å². The van der Waals surface area contributed by atoms with Crippen molar-refractivity contribution in [2.24, 2.45) is 0 Å². The molecule has 3 N–H and O–H groups in total. The zero-order valence-electron chi connectivity index (χ0n) is 10.7. The lowest BCUT2D eigenvalue weighted by Crippen LogP contribution is -2.23. The second kappa shape index (κ2) is 6.23. The molecule has 0 bridgehead atoms. The summed E-state index contributed by atoms with van der Waals surface area (Å²) < 4.78 is 1.14. The van der Waals surface area contributed by atoms with Crippen molar-refractivity contribution in [1.29, 1.82) is 0 Å². The van der Waals surface area contributed by atoms with Gasteiger partial charge in [-0.2, -0.15) is 0 Å². The molecule has 0 aliphatic heterocycles. The number of carbonyl (C=O) groups is 2. The Morgan fingerprint density at radius 3 is 2.86 bits per heavy atom. The van der Waals surface area contributed by atoms with Crippen molar-refractivity contribution in [3.8, 4) is 5.75 Å². The summed E-state index contributed by atoms with van der Waals surface area (Å²) in [5, 5.41) is 28.4. The zero-order valence-corrected chi connectivity index (χ0v) is 11.4. The van der Waals surface area contributed by atoms with E-state index < -0.39 is 11.9 Å². The van der Waals surface area contributed by atoms with E-state index in [9.17, 15) is 14.7 Å². The Bertz CT molecular complexity index is 686. The molecule has 2 aromatic rings. The molecule has 0 aliphatic carbocycles. The standard InChI is InChI=1S/C12H11ClN4O4/c13-7-1-2-10(18)9(3-7)12(21)14-4-8-5-17(16-15-8)6-11(19)20/h1-3,5,18H,4,6H2,(H,14,21)(H,19,20). The summed E-state index contributed by atoms with van der Waals surface area (Å²) in [5.41, 5.74) is 0.437. The highest BCUT2D eigenvalue weighted by molar-refractivity contribution is 6.31. The molecule has 0 fully saturated rings. The predicted molar refractivity (Wildman–Crippen MR) is 71.9 cm³/mol. The number of hydrogen-bond acceptors (Lipinski definition) is 5. The van der Waals surface area contributed by atoms with Crippen molar-refractivity contribution in [1.82, 2.24) is 20.3 Å². The van der Waals surface area contributed by atoms with E-state index in [1.54, 1.807) is 0 Å². The molecule has 0 atom stereocenters. The van der Waals surface area contributed by atoms with Crippen LogP contribution in [0, 0.1) is 0 Å². The van der Waals surface area contributed by atoms with Crippen molar-refractivity contribution >= 4 is 23.5 Å². The molecule has 1 amide bonds. The molecule has 0 unspecified atom stereocenters. The van der Waals surface area contributed by atoms with Crippen molar-refractivity contribution in [2.45, 2.75) is 13.1 Å². The van der Waals surface area contributed by atoms with Crippen LogP contribution in [0.3, 0.4) is 0 Å². The minimum Gasteiger partial charge on any atom is -0.507 e. The molecule has 8 nitrogen and oxygen atoms in total. The number of rotatable bonds is 5. The first-order valence-corrected chi connectivity index (χ1v) is 6.21. The second-order valence-corrected chi connectivity index (χ2v) is 4.58. The van der Waals surface area contributed by atoms with E-state index in [4.69, 9.17) is 16.7 Å². The van der Waals surface area contributed by atoms with Gasteiger partial charge in [-0.25, -0.2) is 4.68 Å². The number of aliphatic carboxylic acids is 1. The highest BCUT2D eigenvalue weighted by Gasteiger charge is 2.12. The Hall–Kier alpha value is -2.61. The van der Waals surface area contributed by atoms with E-state index in [-0.39, 0.29) is 24.4 Å². The quantitative estimate of drug-likeness (QED) is 0.746. The number of hydrogen-bond donors (Lipinski definition) is 3. The largest absolute Gasteiger partial charge is 0.507 e. The van der Waals surface area contributed by atoms with Crippen molar-refractivity contribution in [3.63, 3.8) is 0 Å². The number of halogens is 1. The van der Waals surface area contributed by atoms with Gasteiger partial charge in [-0.05, 0) is 18.2 Å². The smallest absolute Gasteiger partial charge is 0.325 e. The minimum atomic E-state index is -1.04. The van der Waals surface area contributed by atoms with Crippen LogP contribution in [-0.2, 0) is 17.9 Å². The topological polar surface area (TPSA) is 117 Å². The van der Waals surface area contributed by atoms with Crippen LogP contribution in [-0.4, -0.2) is 37.1 Å². The number of nitrogens with one attached hydrogen (secondary N) is 1. The Morgan fingerprint density at radius 2 is 2.14 bits per heavy atom. The zero-order chi connectivity index (χ0) is 15.4. The van der Waals surface area contributed by atoms with E-state index in [1.165, 1.54) is 24.4 Å². The van der Waals surface area contributed by atoms with Crippen LogP contribution in [0.25, 0.3) is 0 Å². The average molecular weight is 311 g/mol. The molecule has 0 saturated carbocycles. The molecule has 2 rings (SSSR count). The molecule has 0 saturated heterocycles. The van der Waals surface area contributed by atoms with Crippen LogP contribution in [0.15, 0.2) is 24.4 Å². The first kappa shape index (κ1) is 14.8. The summed E-state index contributed by atoms with van der Waals surface area (Å²) in [6, 6.07) is 4.12. The summed E-state index contributed by atoms with van der Waals surface area (Å²) >= 11 is 5.76. The van der Waals surface area contributed by atoms with E-state index in [2.05, 4.69) is 15.6 Å². The fourth-order valence-electron chi connectivity index (χ4n) is 1.59. The third-order valence-corrected chi connectivity index (χ3v) is 2.75. The number of phenolic OH excluding ortho intramolecular Hbond substituents is 1. The summed E-state index contributed by atoms with van der Waals surface area (Å²) in [7, 11) is 0. The number of nitrogens with zero attached hydrogens (tertiary/aromatic N) is 3. The number of carboxylic acids is 1. The minimum absolute atomic E-state index is 0.0421. The van der Waals surface area contributed by atoms with Gasteiger partial charge in [0, 0.05) is 5.02 Å². The number of aromatic nitrogens is 3. The molecule has 110 valence electrons. The maximum absolute atomic E-state index is 11.9. The first-order chi connectivity index (χ1) is 9.95.